The number of primary amides is 1. The van der Waals surface area contributed by atoms with Gasteiger partial charge in [0.2, 0.25) is 15.9 Å². The Kier molecular flexibility index (Phi) is 5.29. The average molecular weight is 386 g/mol. The summed E-state index contributed by atoms with van der Waals surface area (Å²) in [6.45, 7) is -2.44. The van der Waals surface area contributed by atoms with Gasteiger partial charge in [-0.05, 0) is 55.0 Å². The number of aryl methyl sites for hydroxylation is 1. The largest absolute Gasteiger partial charge is 0.435 e. The second kappa shape index (κ2) is 7.32. The number of amides is 1. The van der Waals surface area contributed by atoms with E-state index in [0.29, 0.717) is 31.4 Å². The molecule has 1 atom stereocenters. The minimum absolute atomic E-state index is 0.0544. The normalized spacial score (nSPS) is 21.2. The Morgan fingerprint density at radius 2 is 2.08 bits per heavy atom. The average Bonchev–Trinajstić information content (AvgIpc) is 2.60. The van der Waals surface area contributed by atoms with E-state index in [-0.39, 0.29) is 23.6 Å². The number of hydrogen-bond acceptors (Lipinski definition) is 4. The standard InChI is InChI=1S/C17H20F2N2O4S/c18-17(19)25-14-5-3-12-9-15(6-4-11(12)8-14)26(23,24)21-7-1-2-13(10-21)16(20)22/h3,5,8-9,13,17H,1-2,4,6-7,10H2,(H2,20,22). The fourth-order valence-electron chi connectivity index (χ4n) is 3.38. The Labute approximate surface area is 150 Å². The first-order valence-electron chi connectivity index (χ1n) is 8.35. The Morgan fingerprint density at radius 3 is 2.77 bits per heavy atom. The van der Waals surface area contributed by atoms with E-state index >= 15 is 0 Å². The Bertz CT molecular complexity index is 839. The van der Waals surface area contributed by atoms with Crippen LogP contribution in [0.25, 0.3) is 6.08 Å². The van der Waals surface area contributed by atoms with Crippen molar-refractivity contribution in [3.8, 4) is 5.75 Å². The zero-order valence-electron chi connectivity index (χ0n) is 14.0. The number of carbonyl (C=O) groups excluding carboxylic acids is 1. The highest BCUT2D eigenvalue weighted by molar-refractivity contribution is 7.93. The van der Waals surface area contributed by atoms with Crippen LogP contribution in [-0.4, -0.2) is 38.3 Å². The van der Waals surface area contributed by atoms with E-state index < -0.39 is 28.5 Å². The topological polar surface area (TPSA) is 89.7 Å². The van der Waals surface area contributed by atoms with Gasteiger partial charge in [0, 0.05) is 13.1 Å². The van der Waals surface area contributed by atoms with Crippen LogP contribution in [-0.2, 0) is 21.2 Å². The van der Waals surface area contributed by atoms with Gasteiger partial charge in [0.25, 0.3) is 0 Å². The van der Waals surface area contributed by atoms with Crippen LogP contribution in [0.1, 0.15) is 30.4 Å². The molecule has 0 spiro atoms. The summed E-state index contributed by atoms with van der Waals surface area (Å²) in [6.07, 6.45) is 3.43. The van der Waals surface area contributed by atoms with Gasteiger partial charge < -0.3 is 10.5 Å². The third kappa shape index (κ3) is 3.88. The van der Waals surface area contributed by atoms with E-state index in [1.807, 2.05) is 0 Å². The van der Waals surface area contributed by atoms with Crippen LogP contribution in [0.4, 0.5) is 8.78 Å². The molecule has 2 N–H and O–H groups in total. The number of benzene rings is 1. The molecule has 0 radical (unpaired) electrons. The third-order valence-electron chi connectivity index (χ3n) is 4.75. The molecule has 1 heterocycles. The molecular weight excluding hydrogens is 366 g/mol. The molecule has 1 amide bonds. The van der Waals surface area contributed by atoms with Gasteiger partial charge in [-0.15, -0.1) is 0 Å². The summed E-state index contributed by atoms with van der Waals surface area (Å²) < 4.78 is 56.1. The maximum Gasteiger partial charge on any atom is 0.387 e. The van der Waals surface area contributed by atoms with Crippen molar-refractivity contribution in [1.82, 2.24) is 4.31 Å². The molecule has 1 unspecified atom stereocenters. The molecule has 1 aromatic rings. The lowest BCUT2D eigenvalue weighted by molar-refractivity contribution is -0.122. The lowest BCUT2D eigenvalue weighted by atomic mass is 9.97. The molecule has 3 rings (SSSR count). The smallest absolute Gasteiger partial charge is 0.387 e. The van der Waals surface area contributed by atoms with E-state index in [1.54, 1.807) is 12.1 Å². The second-order valence-corrected chi connectivity index (χ2v) is 8.45. The molecule has 26 heavy (non-hydrogen) atoms. The minimum atomic E-state index is -3.69. The van der Waals surface area contributed by atoms with Gasteiger partial charge in [-0.25, -0.2) is 8.42 Å². The summed E-state index contributed by atoms with van der Waals surface area (Å²) >= 11 is 0. The zero-order chi connectivity index (χ0) is 18.9. The van der Waals surface area contributed by atoms with Crippen molar-refractivity contribution < 1.29 is 26.7 Å². The fraction of sp³-hybridized carbons (Fsp3) is 0.471. The van der Waals surface area contributed by atoms with Crippen molar-refractivity contribution in [3.63, 3.8) is 0 Å². The van der Waals surface area contributed by atoms with E-state index in [2.05, 4.69) is 4.74 Å². The number of hydrogen-bond donors (Lipinski definition) is 1. The zero-order valence-corrected chi connectivity index (χ0v) is 14.8. The molecule has 0 aromatic heterocycles. The maximum absolute atomic E-state index is 12.9. The number of fused-ring (bicyclic) bond motifs is 1. The van der Waals surface area contributed by atoms with Crippen molar-refractivity contribution in [2.45, 2.75) is 32.3 Å². The monoisotopic (exact) mass is 386 g/mol. The molecule has 6 nitrogen and oxygen atoms in total. The van der Waals surface area contributed by atoms with Crippen LogP contribution < -0.4 is 10.5 Å². The van der Waals surface area contributed by atoms with Gasteiger partial charge in [-0.2, -0.15) is 13.1 Å². The van der Waals surface area contributed by atoms with Gasteiger partial charge in [0.05, 0.1) is 10.8 Å². The van der Waals surface area contributed by atoms with Crippen molar-refractivity contribution in [2.75, 3.05) is 13.1 Å². The fourth-order valence-corrected chi connectivity index (χ4v) is 5.09. The van der Waals surface area contributed by atoms with Crippen LogP contribution in [0.15, 0.2) is 23.1 Å². The summed E-state index contributed by atoms with van der Waals surface area (Å²) in [6, 6.07) is 4.47. The highest BCUT2D eigenvalue weighted by atomic mass is 32.2. The first kappa shape index (κ1) is 18.8. The quantitative estimate of drug-likeness (QED) is 0.839. The number of alkyl halides is 2. The number of sulfonamides is 1. The molecule has 9 heteroatoms. The van der Waals surface area contributed by atoms with Crippen LogP contribution in [0.5, 0.6) is 5.75 Å². The highest BCUT2D eigenvalue weighted by Crippen LogP contribution is 2.33. The van der Waals surface area contributed by atoms with Gasteiger partial charge >= 0.3 is 6.61 Å². The van der Waals surface area contributed by atoms with Crippen LogP contribution in [0.3, 0.4) is 0 Å². The molecule has 142 valence electrons. The van der Waals surface area contributed by atoms with Gasteiger partial charge in [-0.3, -0.25) is 4.79 Å². The molecular formula is C17H20F2N2O4S. The number of allylic oxidation sites excluding steroid dienone is 1. The predicted molar refractivity (Wildman–Crippen MR) is 91.8 cm³/mol. The highest BCUT2D eigenvalue weighted by Gasteiger charge is 2.34. The van der Waals surface area contributed by atoms with Gasteiger partial charge in [0.1, 0.15) is 5.75 Å². The van der Waals surface area contributed by atoms with Crippen LogP contribution >= 0.6 is 0 Å². The third-order valence-corrected chi connectivity index (χ3v) is 6.75. The number of ether oxygens (including phenoxy) is 1. The molecule has 0 saturated carbocycles. The number of halogens is 2. The second-order valence-electron chi connectivity index (χ2n) is 6.45. The number of nitrogens with two attached hydrogens (primary N) is 1. The van der Waals surface area contributed by atoms with E-state index in [4.69, 9.17) is 5.73 Å². The molecule has 0 bridgehead atoms. The molecule has 1 fully saturated rings. The minimum Gasteiger partial charge on any atom is -0.435 e. The van der Waals surface area contributed by atoms with E-state index in [9.17, 15) is 22.0 Å². The maximum atomic E-state index is 12.9. The van der Waals surface area contributed by atoms with Gasteiger partial charge in [0.15, 0.2) is 0 Å². The molecule has 2 aliphatic rings. The molecule has 1 aliphatic carbocycles. The summed E-state index contributed by atoms with van der Waals surface area (Å²) in [4.78, 5) is 11.7. The SMILES string of the molecule is NC(=O)C1CCCN(S(=O)(=O)C2=Cc3ccc(OC(F)F)cc3CC2)C1. The lowest BCUT2D eigenvalue weighted by Gasteiger charge is -2.31. The summed E-state index contributed by atoms with van der Waals surface area (Å²) in [5, 5.41) is 0. The van der Waals surface area contributed by atoms with Crippen molar-refractivity contribution >= 4 is 22.0 Å². The predicted octanol–water partition coefficient (Wildman–Crippen LogP) is 2.10. The summed E-state index contributed by atoms with van der Waals surface area (Å²) in [7, 11) is -3.69. The molecule has 1 saturated heterocycles. The number of piperidine rings is 1. The number of carbonyl (C=O) groups is 1. The first-order valence-corrected chi connectivity index (χ1v) is 9.79. The van der Waals surface area contributed by atoms with E-state index in [0.717, 1.165) is 5.56 Å². The van der Waals surface area contributed by atoms with Crippen LogP contribution in [0, 0.1) is 5.92 Å². The Morgan fingerprint density at radius 1 is 1.31 bits per heavy atom. The summed E-state index contributed by atoms with van der Waals surface area (Å²) in [5.41, 5.74) is 6.75. The lowest BCUT2D eigenvalue weighted by Crippen LogP contribution is -2.44. The van der Waals surface area contributed by atoms with Crippen molar-refractivity contribution in [3.05, 3.63) is 34.2 Å². The molecule has 1 aliphatic heterocycles. The Balaban J connectivity index is 1.83. The van der Waals surface area contributed by atoms with Crippen LogP contribution in [0.2, 0.25) is 0 Å². The first-order chi connectivity index (χ1) is 12.3. The number of rotatable bonds is 5. The number of nitrogens with zero attached hydrogens (tertiary/aromatic N) is 1. The molecule has 1 aromatic carbocycles. The Hall–Kier alpha value is -2.00. The van der Waals surface area contributed by atoms with Crippen molar-refractivity contribution in [2.24, 2.45) is 11.7 Å². The van der Waals surface area contributed by atoms with Crippen molar-refractivity contribution in [1.29, 1.82) is 0 Å². The summed E-state index contributed by atoms with van der Waals surface area (Å²) in [5.74, 6) is -0.901. The van der Waals surface area contributed by atoms with Gasteiger partial charge in [-0.1, -0.05) is 6.07 Å². The van der Waals surface area contributed by atoms with E-state index in [1.165, 1.54) is 16.4 Å².